The van der Waals surface area contributed by atoms with Gasteiger partial charge in [0, 0.05) is 10.6 Å². The first-order valence-electron chi connectivity index (χ1n) is 7.69. The summed E-state index contributed by atoms with van der Waals surface area (Å²) in [5.74, 6) is 1.43. The van der Waals surface area contributed by atoms with Gasteiger partial charge in [-0.1, -0.05) is 60.7 Å². The molecule has 3 nitrogen and oxygen atoms in total. The first-order valence-corrected chi connectivity index (χ1v) is 9.59. The summed E-state index contributed by atoms with van der Waals surface area (Å²) in [6.07, 6.45) is 0.118. The van der Waals surface area contributed by atoms with Gasteiger partial charge in [0.2, 0.25) is 0 Å². The topological polar surface area (TPSA) is 35.5 Å². The molecule has 0 heterocycles. The normalized spacial score (nSPS) is 11.0. The minimum absolute atomic E-state index is 0.118. The monoisotopic (exact) mass is 338 g/mol. The Morgan fingerprint density at radius 3 is 1.62 bits per heavy atom. The van der Waals surface area contributed by atoms with Gasteiger partial charge in [0.25, 0.3) is 0 Å². The molecule has 0 amide bonds. The quantitative estimate of drug-likeness (QED) is 0.636. The van der Waals surface area contributed by atoms with Gasteiger partial charge in [-0.2, -0.15) is 0 Å². The van der Waals surface area contributed by atoms with Gasteiger partial charge in [0.1, 0.15) is 17.8 Å². The molecule has 0 aliphatic carbocycles. The SMILES string of the molecule is COc1ccc(OCP(=O)(c2ccccc2)c2ccccc2)cc1. The van der Waals surface area contributed by atoms with Gasteiger partial charge < -0.3 is 14.0 Å². The third-order valence-corrected chi connectivity index (χ3v) is 6.58. The number of hydrogen-bond donors (Lipinski definition) is 0. The Balaban J connectivity index is 1.89. The number of methoxy groups -OCH3 is 1. The maximum absolute atomic E-state index is 13.8. The minimum Gasteiger partial charge on any atom is -0.497 e. The Labute approximate surface area is 142 Å². The molecule has 0 bridgehead atoms. The summed E-state index contributed by atoms with van der Waals surface area (Å²) in [7, 11) is -1.24. The standard InChI is InChI=1S/C20H19O3P/c1-22-17-12-14-18(15-13-17)23-16-24(21,19-8-4-2-5-9-19)20-10-6-3-7-11-20/h2-15H,16H2,1H3. The van der Waals surface area contributed by atoms with Gasteiger partial charge in [-0.25, -0.2) is 0 Å². The van der Waals surface area contributed by atoms with E-state index >= 15 is 0 Å². The Bertz CT molecular complexity index is 771. The van der Waals surface area contributed by atoms with Crippen molar-refractivity contribution in [3.63, 3.8) is 0 Å². The van der Waals surface area contributed by atoms with Crippen molar-refractivity contribution in [1.82, 2.24) is 0 Å². The van der Waals surface area contributed by atoms with Crippen LogP contribution < -0.4 is 20.1 Å². The molecule has 3 aromatic carbocycles. The second kappa shape index (κ2) is 7.37. The summed E-state index contributed by atoms with van der Waals surface area (Å²) in [5, 5.41) is 1.59. The van der Waals surface area contributed by atoms with E-state index in [2.05, 4.69) is 0 Å². The molecule has 0 saturated carbocycles. The number of rotatable bonds is 6. The zero-order chi connectivity index (χ0) is 16.8. The fourth-order valence-corrected chi connectivity index (χ4v) is 4.71. The van der Waals surface area contributed by atoms with Gasteiger partial charge >= 0.3 is 0 Å². The van der Waals surface area contributed by atoms with Crippen LogP contribution in [0.3, 0.4) is 0 Å². The number of ether oxygens (including phenoxy) is 2. The van der Waals surface area contributed by atoms with E-state index in [0.717, 1.165) is 16.4 Å². The highest BCUT2D eigenvalue weighted by Crippen LogP contribution is 2.43. The summed E-state index contributed by atoms with van der Waals surface area (Å²) in [5.41, 5.74) is 0. The van der Waals surface area contributed by atoms with Crippen LogP contribution in [0.4, 0.5) is 0 Å². The van der Waals surface area contributed by atoms with E-state index in [9.17, 15) is 4.57 Å². The minimum atomic E-state index is -2.86. The van der Waals surface area contributed by atoms with Crippen LogP contribution in [-0.4, -0.2) is 13.5 Å². The van der Waals surface area contributed by atoms with Gasteiger partial charge in [0.05, 0.1) is 7.11 Å². The van der Waals surface area contributed by atoms with Crippen molar-refractivity contribution in [2.75, 3.05) is 13.5 Å². The molecule has 0 aliphatic heterocycles. The van der Waals surface area contributed by atoms with Crippen molar-refractivity contribution >= 4 is 17.8 Å². The molecule has 0 unspecified atom stereocenters. The second-order valence-corrected chi connectivity index (χ2v) is 8.13. The smallest absolute Gasteiger partial charge is 0.178 e. The number of benzene rings is 3. The van der Waals surface area contributed by atoms with Crippen LogP contribution in [0.5, 0.6) is 11.5 Å². The lowest BCUT2D eigenvalue weighted by Gasteiger charge is -2.20. The van der Waals surface area contributed by atoms with Crippen LogP contribution in [0.2, 0.25) is 0 Å². The molecule has 24 heavy (non-hydrogen) atoms. The third kappa shape index (κ3) is 3.52. The van der Waals surface area contributed by atoms with Crippen molar-refractivity contribution < 1.29 is 14.0 Å². The predicted octanol–water partition coefficient (Wildman–Crippen LogP) is 4.05. The van der Waals surface area contributed by atoms with Gasteiger partial charge in [0.15, 0.2) is 7.14 Å². The average Bonchev–Trinajstić information content (AvgIpc) is 2.68. The average molecular weight is 338 g/mol. The van der Waals surface area contributed by atoms with E-state index in [0.29, 0.717) is 5.75 Å². The van der Waals surface area contributed by atoms with Crippen molar-refractivity contribution in [3.05, 3.63) is 84.9 Å². The Hall–Kier alpha value is -2.51. The van der Waals surface area contributed by atoms with Crippen molar-refractivity contribution in [2.24, 2.45) is 0 Å². The van der Waals surface area contributed by atoms with Crippen molar-refractivity contribution in [1.29, 1.82) is 0 Å². The molecule has 4 heteroatoms. The van der Waals surface area contributed by atoms with Crippen LogP contribution in [-0.2, 0) is 4.57 Å². The maximum atomic E-state index is 13.8. The summed E-state index contributed by atoms with van der Waals surface area (Å²) in [6.45, 7) is 0. The maximum Gasteiger partial charge on any atom is 0.178 e. The molecule has 0 aliphatic rings. The Morgan fingerprint density at radius 2 is 1.17 bits per heavy atom. The first kappa shape index (κ1) is 16.4. The molecule has 0 saturated heterocycles. The van der Waals surface area contributed by atoms with E-state index in [1.54, 1.807) is 7.11 Å². The van der Waals surface area contributed by atoms with E-state index in [1.165, 1.54) is 0 Å². The highest BCUT2D eigenvalue weighted by Gasteiger charge is 2.28. The molecular formula is C20H19O3P. The van der Waals surface area contributed by atoms with Crippen LogP contribution in [0.15, 0.2) is 84.9 Å². The third-order valence-electron chi connectivity index (χ3n) is 3.82. The zero-order valence-electron chi connectivity index (χ0n) is 13.5. The van der Waals surface area contributed by atoms with E-state index in [1.807, 2.05) is 84.9 Å². The second-order valence-electron chi connectivity index (χ2n) is 5.36. The molecule has 0 atom stereocenters. The van der Waals surface area contributed by atoms with Gasteiger partial charge in [-0.15, -0.1) is 0 Å². The fourth-order valence-electron chi connectivity index (χ4n) is 2.47. The summed E-state index contributed by atoms with van der Waals surface area (Å²) >= 11 is 0. The van der Waals surface area contributed by atoms with Crippen LogP contribution in [0.25, 0.3) is 0 Å². The summed E-state index contributed by atoms with van der Waals surface area (Å²) < 4.78 is 24.8. The lowest BCUT2D eigenvalue weighted by atomic mass is 10.3. The van der Waals surface area contributed by atoms with Crippen LogP contribution >= 0.6 is 7.14 Å². The highest BCUT2D eigenvalue weighted by molar-refractivity contribution is 7.78. The molecule has 0 aromatic heterocycles. The highest BCUT2D eigenvalue weighted by atomic mass is 31.2. The van der Waals surface area contributed by atoms with E-state index in [4.69, 9.17) is 9.47 Å². The lowest BCUT2D eigenvalue weighted by Crippen LogP contribution is -2.20. The summed E-state index contributed by atoms with van der Waals surface area (Å²) in [4.78, 5) is 0. The molecule has 0 radical (unpaired) electrons. The van der Waals surface area contributed by atoms with Crippen LogP contribution in [0.1, 0.15) is 0 Å². The summed E-state index contributed by atoms with van der Waals surface area (Å²) in [6, 6.07) is 26.3. The lowest BCUT2D eigenvalue weighted by molar-refractivity contribution is 0.377. The molecule has 0 fully saturated rings. The van der Waals surface area contributed by atoms with Gasteiger partial charge in [-0.3, -0.25) is 0 Å². The molecule has 3 rings (SSSR count). The van der Waals surface area contributed by atoms with Crippen molar-refractivity contribution in [2.45, 2.75) is 0 Å². The predicted molar refractivity (Wildman–Crippen MR) is 98.2 cm³/mol. The fraction of sp³-hybridized carbons (Fsp3) is 0.100. The van der Waals surface area contributed by atoms with Gasteiger partial charge in [-0.05, 0) is 24.3 Å². The first-order chi connectivity index (χ1) is 11.7. The zero-order valence-corrected chi connectivity index (χ0v) is 14.4. The molecule has 3 aromatic rings. The molecule has 122 valence electrons. The Morgan fingerprint density at radius 1 is 0.708 bits per heavy atom. The van der Waals surface area contributed by atoms with Crippen LogP contribution in [0, 0.1) is 0 Å². The molecular weight excluding hydrogens is 319 g/mol. The molecule has 0 spiro atoms. The van der Waals surface area contributed by atoms with Crippen molar-refractivity contribution in [3.8, 4) is 11.5 Å². The Kier molecular flexibility index (Phi) is 5.02. The van der Waals surface area contributed by atoms with E-state index < -0.39 is 7.14 Å². The van der Waals surface area contributed by atoms with E-state index in [-0.39, 0.29) is 6.35 Å². The number of hydrogen-bond acceptors (Lipinski definition) is 3. The largest absolute Gasteiger partial charge is 0.497 e. The molecule has 0 N–H and O–H groups in total.